The highest BCUT2D eigenvalue weighted by molar-refractivity contribution is 9.10. The van der Waals surface area contributed by atoms with Crippen LogP contribution in [0.3, 0.4) is 0 Å². The first-order valence-corrected chi connectivity index (χ1v) is 8.00. The topological polar surface area (TPSA) is 33.0 Å². The van der Waals surface area contributed by atoms with Gasteiger partial charge in [0.05, 0.1) is 11.6 Å². The van der Waals surface area contributed by atoms with E-state index in [1.165, 1.54) is 5.56 Å². The van der Waals surface area contributed by atoms with Gasteiger partial charge in [-0.2, -0.15) is 5.26 Å². The molecule has 0 unspecified atom stereocenters. The molecule has 0 aliphatic carbocycles. The van der Waals surface area contributed by atoms with Crippen molar-refractivity contribution in [1.29, 1.82) is 5.26 Å². The summed E-state index contributed by atoms with van der Waals surface area (Å²) < 4.78 is 6.98. The van der Waals surface area contributed by atoms with Crippen LogP contribution in [0.1, 0.15) is 22.3 Å². The Morgan fingerprint density at radius 2 is 1.80 bits per heavy atom. The summed E-state index contributed by atoms with van der Waals surface area (Å²) in [6.45, 7) is 3.90. The van der Waals surface area contributed by atoms with Gasteiger partial charge < -0.3 is 4.74 Å². The Morgan fingerprint density at radius 3 is 2.30 bits per heavy atom. The number of rotatable bonds is 3. The van der Waals surface area contributed by atoms with Crippen LogP contribution in [0, 0.1) is 25.2 Å². The third kappa shape index (κ3) is 3.23. The number of aryl methyl sites for hydroxylation is 2. The first-order valence-electron chi connectivity index (χ1n) is 6.08. The zero-order valence-corrected chi connectivity index (χ0v) is 14.4. The fourth-order valence-electron chi connectivity index (χ4n) is 1.99. The maximum atomic E-state index is 8.96. The molecule has 20 heavy (non-hydrogen) atoms. The summed E-state index contributed by atoms with van der Waals surface area (Å²) in [5, 5.41) is 9.75. The number of nitriles is 1. The van der Waals surface area contributed by atoms with Crippen molar-refractivity contribution in [2.75, 3.05) is 0 Å². The van der Waals surface area contributed by atoms with Crippen LogP contribution in [0.2, 0.25) is 0 Å². The summed E-state index contributed by atoms with van der Waals surface area (Å²) in [5.41, 5.74) is 3.75. The second kappa shape index (κ2) is 6.43. The van der Waals surface area contributed by atoms with Crippen LogP contribution in [-0.2, 0) is 5.33 Å². The summed E-state index contributed by atoms with van der Waals surface area (Å²) in [4.78, 5) is 0. The number of benzene rings is 2. The van der Waals surface area contributed by atoms with Crippen LogP contribution < -0.4 is 4.74 Å². The van der Waals surface area contributed by atoms with E-state index in [2.05, 4.69) is 37.9 Å². The normalized spacial score (nSPS) is 10.2. The highest BCUT2D eigenvalue weighted by Crippen LogP contribution is 2.32. The lowest BCUT2D eigenvalue weighted by molar-refractivity contribution is 0.474. The van der Waals surface area contributed by atoms with Crippen LogP contribution in [0.15, 0.2) is 34.8 Å². The highest BCUT2D eigenvalue weighted by atomic mass is 79.9. The molecule has 0 amide bonds. The number of halogens is 2. The molecule has 0 aliphatic rings. The molecule has 0 N–H and O–H groups in total. The Labute approximate surface area is 135 Å². The first-order chi connectivity index (χ1) is 9.55. The van der Waals surface area contributed by atoms with Crippen molar-refractivity contribution in [1.82, 2.24) is 0 Å². The van der Waals surface area contributed by atoms with E-state index in [9.17, 15) is 0 Å². The quantitative estimate of drug-likeness (QED) is 0.632. The van der Waals surface area contributed by atoms with Crippen LogP contribution in [0.4, 0.5) is 0 Å². The van der Waals surface area contributed by atoms with Gasteiger partial charge >= 0.3 is 0 Å². The number of nitrogens with zero attached hydrogens (tertiary/aromatic N) is 1. The van der Waals surface area contributed by atoms with Gasteiger partial charge in [-0.1, -0.05) is 37.9 Å². The second-order valence-electron chi connectivity index (χ2n) is 4.54. The largest absolute Gasteiger partial charge is 0.457 e. The Kier molecular flexibility index (Phi) is 4.85. The molecule has 4 heteroatoms. The lowest BCUT2D eigenvalue weighted by atomic mass is 10.1. The number of alkyl halides is 1. The Morgan fingerprint density at radius 1 is 1.15 bits per heavy atom. The maximum Gasteiger partial charge on any atom is 0.133 e. The van der Waals surface area contributed by atoms with E-state index in [4.69, 9.17) is 10.00 Å². The van der Waals surface area contributed by atoms with Crippen molar-refractivity contribution < 1.29 is 4.74 Å². The van der Waals surface area contributed by atoms with Gasteiger partial charge in [0, 0.05) is 9.80 Å². The van der Waals surface area contributed by atoms with E-state index >= 15 is 0 Å². The molecule has 0 heterocycles. The first kappa shape index (κ1) is 15.1. The molecule has 0 saturated heterocycles. The predicted octanol–water partition coefficient (Wildman–Crippen LogP) is 5.62. The summed E-state index contributed by atoms with van der Waals surface area (Å²) in [6, 6.07) is 11.7. The SMILES string of the molecule is Cc1cc(C#N)cc(C)c1Oc1ccc(CBr)c(Br)c1. The number of hydrogen-bond acceptors (Lipinski definition) is 2. The van der Waals surface area contributed by atoms with E-state index in [1.54, 1.807) is 0 Å². The molecule has 102 valence electrons. The fraction of sp³-hybridized carbons (Fsp3) is 0.188. The maximum absolute atomic E-state index is 8.96. The van der Waals surface area contributed by atoms with Crippen molar-refractivity contribution in [2.45, 2.75) is 19.2 Å². The lowest BCUT2D eigenvalue weighted by Gasteiger charge is -2.13. The van der Waals surface area contributed by atoms with Crippen LogP contribution in [0.5, 0.6) is 11.5 Å². The van der Waals surface area contributed by atoms with Gasteiger partial charge in [-0.05, 0) is 54.8 Å². The lowest BCUT2D eigenvalue weighted by Crippen LogP contribution is -1.93. The van der Waals surface area contributed by atoms with Crippen LogP contribution in [0.25, 0.3) is 0 Å². The van der Waals surface area contributed by atoms with Crippen molar-refractivity contribution in [3.05, 3.63) is 57.1 Å². The molecule has 0 radical (unpaired) electrons. The van der Waals surface area contributed by atoms with Crippen LogP contribution in [-0.4, -0.2) is 0 Å². The molecule has 0 aromatic heterocycles. The van der Waals surface area contributed by atoms with Crippen molar-refractivity contribution in [2.24, 2.45) is 0 Å². The summed E-state index contributed by atoms with van der Waals surface area (Å²) in [7, 11) is 0. The molecular formula is C16H13Br2NO. The number of ether oxygens (including phenoxy) is 1. The monoisotopic (exact) mass is 393 g/mol. The van der Waals surface area contributed by atoms with Gasteiger partial charge in [0.2, 0.25) is 0 Å². The average molecular weight is 395 g/mol. The summed E-state index contributed by atoms with van der Waals surface area (Å²) >= 11 is 6.96. The van der Waals surface area contributed by atoms with E-state index in [-0.39, 0.29) is 0 Å². The van der Waals surface area contributed by atoms with Gasteiger partial charge in [0.1, 0.15) is 11.5 Å². The van der Waals surface area contributed by atoms with E-state index in [0.29, 0.717) is 5.56 Å². The molecule has 0 spiro atoms. The van der Waals surface area contributed by atoms with Gasteiger partial charge in [0.15, 0.2) is 0 Å². The molecule has 2 aromatic carbocycles. The minimum absolute atomic E-state index is 0.656. The van der Waals surface area contributed by atoms with E-state index in [0.717, 1.165) is 32.4 Å². The average Bonchev–Trinajstić information content (AvgIpc) is 2.42. The third-order valence-corrected chi connectivity index (χ3v) is 4.32. The number of hydrogen-bond donors (Lipinski definition) is 0. The van der Waals surface area contributed by atoms with Crippen molar-refractivity contribution in [3.8, 4) is 17.6 Å². The van der Waals surface area contributed by atoms with Crippen molar-refractivity contribution in [3.63, 3.8) is 0 Å². The van der Waals surface area contributed by atoms with Gasteiger partial charge in [-0.15, -0.1) is 0 Å². The van der Waals surface area contributed by atoms with Gasteiger partial charge in [-0.25, -0.2) is 0 Å². The zero-order valence-electron chi connectivity index (χ0n) is 11.2. The molecule has 2 nitrogen and oxygen atoms in total. The third-order valence-electron chi connectivity index (χ3n) is 2.98. The smallest absolute Gasteiger partial charge is 0.133 e. The Balaban J connectivity index is 2.35. The van der Waals surface area contributed by atoms with Crippen LogP contribution >= 0.6 is 31.9 Å². The predicted molar refractivity (Wildman–Crippen MR) is 87.5 cm³/mol. The molecule has 0 fully saturated rings. The zero-order chi connectivity index (χ0) is 14.7. The van der Waals surface area contributed by atoms with E-state index in [1.807, 2.05) is 44.2 Å². The fourth-order valence-corrected chi connectivity index (χ4v) is 3.36. The molecule has 0 aliphatic heterocycles. The van der Waals surface area contributed by atoms with Crippen molar-refractivity contribution >= 4 is 31.9 Å². The Hall–Kier alpha value is -1.31. The summed E-state index contributed by atoms with van der Waals surface area (Å²) in [6.07, 6.45) is 0. The molecule has 2 aromatic rings. The minimum Gasteiger partial charge on any atom is -0.457 e. The standard InChI is InChI=1S/C16H13Br2NO/c1-10-5-12(9-19)6-11(2)16(10)20-14-4-3-13(8-17)15(18)7-14/h3-7H,8H2,1-2H3. The molecule has 0 saturated carbocycles. The molecule has 0 bridgehead atoms. The van der Waals surface area contributed by atoms with Gasteiger partial charge in [-0.3, -0.25) is 0 Å². The highest BCUT2D eigenvalue weighted by Gasteiger charge is 2.09. The molecular weight excluding hydrogens is 382 g/mol. The minimum atomic E-state index is 0.656. The molecule has 2 rings (SSSR count). The van der Waals surface area contributed by atoms with E-state index < -0.39 is 0 Å². The second-order valence-corrected chi connectivity index (χ2v) is 5.95. The Bertz CT molecular complexity index is 666. The molecule has 0 atom stereocenters. The summed E-state index contributed by atoms with van der Waals surface area (Å²) in [5.74, 6) is 1.58. The van der Waals surface area contributed by atoms with Gasteiger partial charge in [0.25, 0.3) is 0 Å².